The molecule has 0 aromatic heterocycles. The van der Waals surface area contributed by atoms with E-state index in [0.717, 1.165) is 51.4 Å². The van der Waals surface area contributed by atoms with E-state index in [1.165, 1.54) is 0 Å². The van der Waals surface area contributed by atoms with Crippen LogP contribution in [-0.2, 0) is 9.53 Å². The van der Waals surface area contributed by atoms with E-state index in [0.29, 0.717) is 18.9 Å². The third-order valence-electron chi connectivity index (χ3n) is 4.69. The Hall–Kier alpha value is -1.09. The predicted octanol–water partition coefficient (Wildman–Crippen LogP) is 2.59. The summed E-state index contributed by atoms with van der Waals surface area (Å²) >= 11 is 0. The minimum Gasteiger partial charge on any atom is -0.480 e. The number of carboxylic acid groups (broad SMARTS) is 1. The van der Waals surface area contributed by atoms with Crippen LogP contribution >= 0.6 is 0 Å². The van der Waals surface area contributed by atoms with Gasteiger partial charge in [0.15, 0.2) is 0 Å². The lowest BCUT2D eigenvalue weighted by atomic mass is 9.86. The van der Waals surface area contributed by atoms with Gasteiger partial charge in [0, 0.05) is 13.0 Å². The molecule has 1 saturated carbocycles. The van der Waals surface area contributed by atoms with E-state index < -0.39 is 12.1 Å². The summed E-state index contributed by atoms with van der Waals surface area (Å²) in [6, 6.07) is 0. The zero-order valence-electron chi connectivity index (χ0n) is 14.7. The van der Waals surface area contributed by atoms with Crippen LogP contribution in [0.5, 0.6) is 0 Å². The summed E-state index contributed by atoms with van der Waals surface area (Å²) in [7, 11) is 0. The van der Waals surface area contributed by atoms with Crippen molar-refractivity contribution in [3.63, 3.8) is 0 Å². The monoisotopic (exact) mass is 340 g/mol. The normalized spacial score (nSPS) is 24.4. The van der Waals surface area contributed by atoms with Gasteiger partial charge in [0.25, 0.3) is 0 Å². The van der Waals surface area contributed by atoms with Crippen LogP contribution in [0.1, 0.15) is 64.7 Å². The summed E-state index contributed by atoms with van der Waals surface area (Å²) < 4.78 is 5.03. The number of carboxylic acids is 1. The fraction of sp³-hybridized carbons (Fsp3) is 0.842. The SMILES string of the molecule is CCCC#CC(O)CC[C@H]1CC[C@H](O)[C@@H]1CCCCOCC(=O)O. The third-order valence-corrected chi connectivity index (χ3v) is 4.69. The molecule has 4 atom stereocenters. The molecule has 0 aromatic carbocycles. The molecule has 0 aliphatic heterocycles. The summed E-state index contributed by atoms with van der Waals surface area (Å²) in [5.41, 5.74) is 0. The lowest BCUT2D eigenvalue weighted by Gasteiger charge is -2.22. The van der Waals surface area contributed by atoms with Crippen molar-refractivity contribution in [3.8, 4) is 11.8 Å². The number of aliphatic carboxylic acids is 1. The Balaban J connectivity index is 2.24. The van der Waals surface area contributed by atoms with Gasteiger partial charge in [-0.2, -0.15) is 0 Å². The number of carbonyl (C=O) groups is 1. The molecule has 1 unspecified atom stereocenters. The van der Waals surface area contributed by atoms with Gasteiger partial charge in [0.05, 0.1) is 6.10 Å². The summed E-state index contributed by atoms with van der Waals surface area (Å²) in [5.74, 6) is 5.66. The van der Waals surface area contributed by atoms with E-state index in [2.05, 4.69) is 18.8 Å². The average molecular weight is 340 g/mol. The Morgan fingerprint density at radius 2 is 2.08 bits per heavy atom. The predicted molar refractivity (Wildman–Crippen MR) is 92.5 cm³/mol. The molecule has 1 rings (SSSR count). The molecular weight excluding hydrogens is 308 g/mol. The van der Waals surface area contributed by atoms with Gasteiger partial charge in [-0.15, -0.1) is 5.92 Å². The van der Waals surface area contributed by atoms with Crippen LogP contribution in [0, 0.1) is 23.7 Å². The molecule has 0 saturated heterocycles. The highest BCUT2D eigenvalue weighted by Gasteiger charge is 2.34. The van der Waals surface area contributed by atoms with Crippen LogP contribution in [-0.4, -0.2) is 46.7 Å². The Kier molecular flexibility index (Phi) is 10.7. The largest absolute Gasteiger partial charge is 0.480 e. The molecule has 24 heavy (non-hydrogen) atoms. The van der Waals surface area contributed by atoms with Crippen LogP contribution < -0.4 is 0 Å². The maximum Gasteiger partial charge on any atom is 0.329 e. The standard InChI is InChI=1S/C19H32O5/c1-2-3-4-7-16(20)11-9-15-10-12-18(21)17(15)8-5-6-13-24-14-19(22)23/h15-18,20-21H,2-3,5-6,8-14H2,1H3,(H,22,23)/t15-,16?,17+,18-/m0/s1. The highest BCUT2D eigenvalue weighted by atomic mass is 16.5. The molecule has 138 valence electrons. The maximum atomic E-state index is 10.3. The maximum absolute atomic E-state index is 10.3. The van der Waals surface area contributed by atoms with Crippen molar-refractivity contribution in [2.75, 3.05) is 13.2 Å². The molecule has 0 amide bonds. The minimum atomic E-state index is -0.943. The first-order valence-electron chi connectivity index (χ1n) is 9.18. The van der Waals surface area contributed by atoms with E-state index in [1.54, 1.807) is 0 Å². The number of hydrogen-bond acceptors (Lipinski definition) is 4. The molecule has 5 nitrogen and oxygen atoms in total. The van der Waals surface area contributed by atoms with Crippen molar-refractivity contribution < 1.29 is 24.9 Å². The molecule has 0 aromatic rings. The summed E-state index contributed by atoms with van der Waals surface area (Å²) in [6.07, 6.45) is 7.12. The Labute approximate surface area is 145 Å². The van der Waals surface area contributed by atoms with E-state index in [-0.39, 0.29) is 18.6 Å². The molecule has 5 heteroatoms. The van der Waals surface area contributed by atoms with Crippen LogP contribution in [0.15, 0.2) is 0 Å². The van der Waals surface area contributed by atoms with Crippen LogP contribution in [0.4, 0.5) is 0 Å². The third kappa shape index (κ3) is 8.68. The summed E-state index contributed by atoms with van der Waals surface area (Å²) in [4.78, 5) is 10.3. The number of unbranched alkanes of at least 4 members (excludes halogenated alkanes) is 2. The van der Waals surface area contributed by atoms with E-state index in [4.69, 9.17) is 9.84 Å². The first kappa shape index (κ1) is 21.0. The number of aliphatic hydroxyl groups is 2. The minimum absolute atomic E-state index is 0.244. The molecule has 1 aliphatic carbocycles. The topological polar surface area (TPSA) is 87.0 Å². The lowest BCUT2D eigenvalue weighted by molar-refractivity contribution is -0.142. The zero-order chi connectivity index (χ0) is 17.8. The van der Waals surface area contributed by atoms with Gasteiger partial charge in [-0.3, -0.25) is 0 Å². The van der Waals surface area contributed by atoms with Crippen LogP contribution in [0.2, 0.25) is 0 Å². The van der Waals surface area contributed by atoms with E-state index in [1.807, 2.05) is 0 Å². The quantitative estimate of drug-likeness (QED) is 0.397. The zero-order valence-corrected chi connectivity index (χ0v) is 14.7. The highest BCUT2D eigenvalue weighted by molar-refractivity contribution is 5.67. The van der Waals surface area contributed by atoms with E-state index in [9.17, 15) is 15.0 Å². The first-order valence-corrected chi connectivity index (χ1v) is 9.18. The van der Waals surface area contributed by atoms with Gasteiger partial charge in [-0.1, -0.05) is 19.3 Å². The molecule has 0 heterocycles. The van der Waals surface area contributed by atoms with Crippen molar-refractivity contribution in [1.82, 2.24) is 0 Å². The van der Waals surface area contributed by atoms with Crippen molar-refractivity contribution in [1.29, 1.82) is 0 Å². The number of hydrogen-bond donors (Lipinski definition) is 3. The number of ether oxygens (including phenoxy) is 1. The van der Waals surface area contributed by atoms with Gasteiger partial charge in [0.1, 0.15) is 12.7 Å². The van der Waals surface area contributed by atoms with Gasteiger partial charge >= 0.3 is 5.97 Å². The number of aliphatic hydroxyl groups excluding tert-OH is 2. The summed E-state index contributed by atoms with van der Waals surface area (Å²) in [6.45, 7) is 2.27. The summed E-state index contributed by atoms with van der Waals surface area (Å²) in [5, 5.41) is 28.6. The Morgan fingerprint density at radius 1 is 1.29 bits per heavy atom. The molecule has 1 fully saturated rings. The van der Waals surface area contributed by atoms with Crippen molar-refractivity contribution in [3.05, 3.63) is 0 Å². The fourth-order valence-electron chi connectivity index (χ4n) is 3.42. The van der Waals surface area contributed by atoms with Gasteiger partial charge in [0.2, 0.25) is 0 Å². The molecular formula is C19H32O5. The first-order chi connectivity index (χ1) is 11.5. The fourth-order valence-corrected chi connectivity index (χ4v) is 3.42. The second kappa shape index (κ2) is 12.3. The van der Waals surface area contributed by atoms with E-state index >= 15 is 0 Å². The highest BCUT2D eigenvalue weighted by Crippen LogP contribution is 2.38. The van der Waals surface area contributed by atoms with Crippen LogP contribution in [0.3, 0.4) is 0 Å². The second-order valence-corrected chi connectivity index (χ2v) is 6.68. The molecule has 0 bridgehead atoms. The molecule has 0 spiro atoms. The smallest absolute Gasteiger partial charge is 0.329 e. The van der Waals surface area contributed by atoms with Crippen molar-refractivity contribution in [2.45, 2.75) is 76.9 Å². The van der Waals surface area contributed by atoms with Gasteiger partial charge in [-0.05, 0) is 56.8 Å². The second-order valence-electron chi connectivity index (χ2n) is 6.68. The lowest BCUT2D eigenvalue weighted by Crippen LogP contribution is -2.20. The molecule has 3 N–H and O–H groups in total. The van der Waals surface area contributed by atoms with Crippen molar-refractivity contribution in [2.24, 2.45) is 11.8 Å². The van der Waals surface area contributed by atoms with Gasteiger partial charge in [-0.25, -0.2) is 4.79 Å². The molecule has 0 radical (unpaired) electrons. The molecule has 1 aliphatic rings. The Morgan fingerprint density at radius 3 is 2.79 bits per heavy atom. The van der Waals surface area contributed by atoms with Crippen LogP contribution in [0.25, 0.3) is 0 Å². The average Bonchev–Trinajstić information content (AvgIpc) is 2.89. The van der Waals surface area contributed by atoms with Crippen molar-refractivity contribution >= 4 is 5.97 Å². The van der Waals surface area contributed by atoms with Gasteiger partial charge < -0.3 is 20.1 Å². The Bertz CT molecular complexity index is 412. The number of rotatable bonds is 11.